The minimum Gasteiger partial charge on any atom is -0.356 e. The van der Waals surface area contributed by atoms with Gasteiger partial charge in [0.1, 0.15) is 5.82 Å². The van der Waals surface area contributed by atoms with Gasteiger partial charge in [0.25, 0.3) is 0 Å². The van der Waals surface area contributed by atoms with E-state index in [1.165, 1.54) is 43.5 Å². The van der Waals surface area contributed by atoms with Crippen LogP contribution in [0.1, 0.15) is 36.2 Å². The molecule has 1 aliphatic rings. The molecule has 30 heavy (non-hydrogen) atoms. The van der Waals surface area contributed by atoms with Crippen LogP contribution in [0.25, 0.3) is 5.65 Å². The molecule has 4 rings (SSSR count). The molecule has 0 radical (unpaired) electrons. The highest BCUT2D eigenvalue weighted by atomic mass is 15.2. The summed E-state index contributed by atoms with van der Waals surface area (Å²) in [5.74, 6) is 1.74. The lowest BCUT2D eigenvalue weighted by Gasteiger charge is -2.26. The molecule has 7 heteroatoms. The van der Waals surface area contributed by atoms with E-state index in [1.54, 1.807) is 7.05 Å². The Morgan fingerprint density at radius 2 is 1.77 bits per heavy atom. The zero-order valence-corrected chi connectivity index (χ0v) is 17.7. The van der Waals surface area contributed by atoms with Crippen molar-refractivity contribution in [1.82, 2.24) is 30.1 Å². The first-order valence-corrected chi connectivity index (χ1v) is 10.8. The average molecular weight is 406 g/mol. The fourth-order valence-electron chi connectivity index (χ4n) is 3.90. The van der Waals surface area contributed by atoms with Gasteiger partial charge < -0.3 is 10.6 Å². The molecule has 0 bridgehead atoms. The van der Waals surface area contributed by atoms with Gasteiger partial charge in [0.05, 0.1) is 0 Å². The minimum absolute atomic E-state index is 0.740. The lowest BCUT2D eigenvalue weighted by atomic mass is 10.1. The van der Waals surface area contributed by atoms with E-state index in [0.29, 0.717) is 0 Å². The fraction of sp³-hybridized carbons (Fsp3) is 0.435. The van der Waals surface area contributed by atoms with E-state index >= 15 is 0 Å². The van der Waals surface area contributed by atoms with Crippen molar-refractivity contribution in [3.05, 3.63) is 65.6 Å². The van der Waals surface area contributed by atoms with E-state index in [2.05, 4.69) is 55.0 Å². The van der Waals surface area contributed by atoms with E-state index in [1.807, 2.05) is 28.8 Å². The van der Waals surface area contributed by atoms with Gasteiger partial charge in [-0.2, -0.15) is 0 Å². The van der Waals surface area contributed by atoms with Gasteiger partial charge >= 0.3 is 0 Å². The first-order valence-electron chi connectivity index (χ1n) is 10.8. The molecule has 3 heterocycles. The van der Waals surface area contributed by atoms with Crippen molar-refractivity contribution in [2.75, 3.05) is 26.7 Å². The SMILES string of the molecule is CN=C(NCCc1nnc2ccccn12)NCc1ccc(CN2CCCCC2)cc1. The molecule has 2 aromatic heterocycles. The highest BCUT2D eigenvalue weighted by Crippen LogP contribution is 2.13. The maximum absolute atomic E-state index is 4.32. The molecule has 3 aromatic rings. The average Bonchev–Trinajstić information content (AvgIpc) is 3.21. The Morgan fingerprint density at radius 1 is 0.967 bits per heavy atom. The van der Waals surface area contributed by atoms with E-state index in [4.69, 9.17) is 0 Å². The third-order valence-electron chi connectivity index (χ3n) is 5.59. The Kier molecular flexibility index (Phi) is 6.92. The second kappa shape index (κ2) is 10.2. The Balaban J connectivity index is 1.22. The fourth-order valence-corrected chi connectivity index (χ4v) is 3.90. The summed E-state index contributed by atoms with van der Waals surface area (Å²) in [6.45, 7) is 5.02. The number of likely N-dealkylation sites (tertiary alicyclic amines) is 1. The predicted octanol–water partition coefficient (Wildman–Crippen LogP) is 2.62. The van der Waals surface area contributed by atoms with Crippen molar-refractivity contribution in [2.45, 2.75) is 38.8 Å². The highest BCUT2D eigenvalue weighted by Gasteiger charge is 2.10. The maximum atomic E-state index is 4.32. The monoisotopic (exact) mass is 405 g/mol. The number of aliphatic imine (C=N–C) groups is 1. The van der Waals surface area contributed by atoms with Gasteiger partial charge in [0, 0.05) is 39.3 Å². The molecule has 7 nitrogen and oxygen atoms in total. The van der Waals surface area contributed by atoms with Crippen LogP contribution < -0.4 is 10.6 Å². The van der Waals surface area contributed by atoms with Gasteiger partial charge in [-0.15, -0.1) is 10.2 Å². The van der Waals surface area contributed by atoms with Gasteiger partial charge in [-0.25, -0.2) is 0 Å². The number of benzene rings is 1. The molecular formula is C23H31N7. The standard InChI is InChI=1S/C23H31N7/c1-24-23(25-13-12-22-28-27-21-7-3-6-16-30(21)22)26-17-19-8-10-20(11-9-19)18-29-14-4-2-5-15-29/h3,6-11,16H,2,4-5,12-15,17-18H2,1H3,(H2,24,25,26). The van der Waals surface area contributed by atoms with E-state index in [9.17, 15) is 0 Å². The molecule has 1 fully saturated rings. The molecule has 0 saturated carbocycles. The maximum Gasteiger partial charge on any atom is 0.191 e. The number of hydrogen-bond acceptors (Lipinski definition) is 4. The summed E-state index contributed by atoms with van der Waals surface area (Å²) in [7, 11) is 1.80. The summed E-state index contributed by atoms with van der Waals surface area (Å²) in [6, 6.07) is 14.8. The minimum atomic E-state index is 0.740. The van der Waals surface area contributed by atoms with Crippen LogP contribution in [0.4, 0.5) is 0 Å². The number of rotatable bonds is 7. The quantitative estimate of drug-likeness (QED) is 0.467. The summed E-state index contributed by atoms with van der Waals surface area (Å²) in [4.78, 5) is 6.88. The van der Waals surface area contributed by atoms with Crippen LogP contribution in [0.3, 0.4) is 0 Å². The van der Waals surface area contributed by atoms with Crippen LogP contribution >= 0.6 is 0 Å². The highest BCUT2D eigenvalue weighted by molar-refractivity contribution is 5.79. The Bertz CT molecular complexity index is 955. The smallest absolute Gasteiger partial charge is 0.191 e. The number of hydrogen-bond donors (Lipinski definition) is 2. The van der Waals surface area contributed by atoms with E-state index in [-0.39, 0.29) is 0 Å². The lowest BCUT2D eigenvalue weighted by molar-refractivity contribution is 0.221. The zero-order valence-electron chi connectivity index (χ0n) is 17.7. The summed E-state index contributed by atoms with van der Waals surface area (Å²) in [5, 5.41) is 15.2. The first kappa shape index (κ1) is 20.3. The molecule has 0 atom stereocenters. The first-order chi connectivity index (χ1) is 14.8. The second-order valence-electron chi connectivity index (χ2n) is 7.80. The molecule has 1 saturated heterocycles. The third kappa shape index (κ3) is 5.36. The number of guanidine groups is 1. The van der Waals surface area contributed by atoms with Crippen LogP contribution in [-0.2, 0) is 19.5 Å². The lowest BCUT2D eigenvalue weighted by Crippen LogP contribution is -2.38. The molecule has 0 aliphatic carbocycles. The number of nitrogens with zero attached hydrogens (tertiary/aromatic N) is 5. The van der Waals surface area contributed by atoms with Crippen molar-refractivity contribution in [1.29, 1.82) is 0 Å². The Labute approximate surface area is 178 Å². The number of fused-ring (bicyclic) bond motifs is 1. The predicted molar refractivity (Wildman–Crippen MR) is 120 cm³/mol. The van der Waals surface area contributed by atoms with Crippen molar-refractivity contribution in [2.24, 2.45) is 4.99 Å². The Morgan fingerprint density at radius 3 is 2.57 bits per heavy atom. The van der Waals surface area contributed by atoms with Crippen molar-refractivity contribution < 1.29 is 0 Å². The molecule has 0 unspecified atom stereocenters. The Hall–Kier alpha value is -2.93. The van der Waals surface area contributed by atoms with Gasteiger partial charge in [0.2, 0.25) is 0 Å². The summed E-state index contributed by atoms with van der Waals surface area (Å²) in [6.07, 6.45) is 6.82. The normalized spacial score (nSPS) is 15.4. The number of pyridine rings is 1. The van der Waals surface area contributed by atoms with Crippen LogP contribution in [0.2, 0.25) is 0 Å². The van der Waals surface area contributed by atoms with Gasteiger partial charge in [-0.3, -0.25) is 14.3 Å². The topological polar surface area (TPSA) is 69.8 Å². The molecule has 0 spiro atoms. The third-order valence-corrected chi connectivity index (χ3v) is 5.59. The van der Waals surface area contributed by atoms with Gasteiger partial charge in [-0.1, -0.05) is 36.8 Å². The zero-order chi connectivity index (χ0) is 20.6. The van der Waals surface area contributed by atoms with Crippen LogP contribution in [-0.4, -0.2) is 52.1 Å². The molecule has 1 aromatic carbocycles. The van der Waals surface area contributed by atoms with Crippen LogP contribution in [0.15, 0.2) is 53.7 Å². The molecule has 158 valence electrons. The molecule has 0 amide bonds. The van der Waals surface area contributed by atoms with Crippen molar-refractivity contribution >= 4 is 11.6 Å². The van der Waals surface area contributed by atoms with Crippen molar-refractivity contribution in [3.8, 4) is 0 Å². The summed E-state index contributed by atoms with van der Waals surface area (Å²) in [5.41, 5.74) is 3.52. The van der Waals surface area contributed by atoms with Crippen molar-refractivity contribution in [3.63, 3.8) is 0 Å². The molecule has 1 aliphatic heterocycles. The van der Waals surface area contributed by atoms with E-state index in [0.717, 1.165) is 43.5 Å². The number of aromatic nitrogens is 3. The number of nitrogens with one attached hydrogen (secondary N) is 2. The molecular weight excluding hydrogens is 374 g/mol. The molecule has 2 N–H and O–H groups in total. The van der Waals surface area contributed by atoms with Crippen LogP contribution in [0.5, 0.6) is 0 Å². The van der Waals surface area contributed by atoms with E-state index < -0.39 is 0 Å². The number of piperidine rings is 1. The summed E-state index contributed by atoms with van der Waals surface area (Å²) < 4.78 is 2.02. The van der Waals surface area contributed by atoms with Gasteiger partial charge in [0.15, 0.2) is 11.6 Å². The largest absolute Gasteiger partial charge is 0.356 e. The second-order valence-corrected chi connectivity index (χ2v) is 7.80. The summed E-state index contributed by atoms with van der Waals surface area (Å²) >= 11 is 0. The van der Waals surface area contributed by atoms with Gasteiger partial charge in [-0.05, 0) is 49.2 Å². The van der Waals surface area contributed by atoms with Crippen LogP contribution in [0, 0.1) is 0 Å².